The van der Waals surface area contributed by atoms with Crippen LogP contribution in [0.1, 0.15) is 0 Å². The highest BCUT2D eigenvalue weighted by Crippen LogP contribution is 2.31. The van der Waals surface area contributed by atoms with E-state index >= 15 is 0 Å². The average molecular weight is 410 g/mol. The Morgan fingerprint density at radius 1 is 1.11 bits per heavy atom. The predicted octanol–water partition coefficient (Wildman–Crippen LogP) is 3.18. The van der Waals surface area contributed by atoms with Gasteiger partial charge in [-0.2, -0.15) is 26.0 Å². The molecule has 0 radical (unpaired) electrons. The van der Waals surface area contributed by atoms with Crippen molar-refractivity contribution in [3.63, 3.8) is 0 Å². The molecule has 0 bridgehead atoms. The quantitative estimate of drug-likeness (QED) is 0.245. The molecule has 8 nitrogen and oxygen atoms in total. The van der Waals surface area contributed by atoms with E-state index in [1.807, 2.05) is 0 Å². The molecule has 0 aliphatic carbocycles. The first-order valence-electron chi connectivity index (χ1n) is 6.86. The van der Waals surface area contributed by atoms with Gasteiger partial charge in [-0.15, -0.1) is 0 Å². The van der Waals surface area contributed by atoms with Gasteiger partial charge in [0.05, 0.1) is 11.0 Å². The molecule has 0 amide bonds. The van der Waals surface area contributed by atoms with Crippen LogP contribution in [0, 0.1) is 10.1 Å². The number of anilines is 1. The minimum Gasteiger partial charge on any atom is -0.428 e. The van der Waals surface area contributed by atoms with Crippen LogP contribution in [0.5, 0.6) is 11.5 Å². The van der Waals surface area contributed by atoms with E-state index in [4.69, 9.17) is 5.73 Å². The molecule has 2 aromatic carbocycles. The van der Waals surface area contributed by atoms with E-state index in [9.17, 15) is 36.1 Å². The summed E-state index contributed by atoms with van der Waals surface area (Å²) in [6.07, 6.45) is -8.97. The maximum atomic E-state index is 12.9. The van der Waals surface area contributed by atoms with Gasteiger partial charge in [-0.25, -0.2) is 0 Å². The molecule has 0 unspecified atom stereocenters. The maximum Gasteiger partial charge on any atom is 0.461 e. The molecule has 0 spiro atoms. The molecule has 2 N–H and O–H groups in total. The van der Waals surface area contributed by atoms with E-state index in [1.165, 1.54) is 0 Å². The summed E-state index contributed by atoms with van der Waals surface area (Å²) < 4.78 is 83.1. The summed E-state index contributed by atoms with van der Waals surface area (Å²) in [5, 5.41) is 10.8. The summed E-state index contributed by atoms with van der Waals surface area (Å²) in [7, 11) is -4.64. The van der Waals surface area contributed by atoms with Crippen molar-refractivity contribution in [3.8, 4) is 11.5 Å². The number of rotatable bonds is 7. The molecule has 146 valence electrons. The Bertz CT molecular complexity index is 968. The van der Waals surface area contributed by atoms with Gasteiger partial charge in [0.2, 0.25) is 0 Å². The number of nitrogens with two attached hydrogens (primary N) is 1. The number of ether oxygens (including phenoxy) is 1. The molecule has 0 fully saturated rings. The minimum absolute atomic E-state index is 0.241. The number of nitro groups is 1. The molecule has 0 aliphatic heterocycles. The van der Waals surface area contributed by atoms with E-state index < -0.39 is 49.7 Å². The number of hydrogen-bond acceptors (Lipinski definition) is 7. The maximum absolute atomic E-state index is 12.9. The van der Waals surface area contributed by atoms with Crippen LogP contribution in [0.3, 0.4) is 0 Å². The Labute approximate surface area is 149 Å². The second-order valence-electron chi connectivity index (χ2n) is 4.95. The second kappa shape index (κ2) is 7.26. The van der Waals surface area contributed by atoms with Crippen molar-refractivity contribution in [2.75, 3.05) is 5.73 Å². The van der Waals surface area contributed by atoms with Crippen LogP contribution in [-0.4, -0.2) is 25.9 Å². The third-order valence-electron chi connectivity index (χ3n) is 3.01. The first-order chi connectivity index (χ1) is 12.4. The van der Waals surface area contributed by atoms with E-state index in [-0.39, 0.29) is 5.69 Å². The van der Waals surface area contributed by atoms with Crippen molar-refractivity contribution in [1.29, 1.82) is 0 Å². The van der Waals surface area contributed by atoms with Crippen molar-refractivity contribution in [1.82, 2.24) is 0 Å². The monoisotopic (exact) mass is 410 g/mol. The molecule has 0 atom stereocenters. The molecular weight excluding hydrogens is 400 g/mol. The van der Waals surface area contributed by atoms with Crippen molar-refractivity contribution in [2.45, 2.75) is 17.4 Å². The lowest BCUT2D eigenvalue weighted by atomic mass is 10.2. The van der Waals surface area contributed by atoms with Crippen LogP contribution in [-0.2, 0) is 10.1 Å². The van der Waals surface area contributed by atoms with Crippen molar-refractivity contribution >= 4 is 21.5 Å². The van der Waals surface area contributed by atoms with Crippen LogP contribution >= 0.6 is 0 Å². The molecule has 0 saturated carbocycles. The summed E-state index contributed by atoms with van der Waals surface area (Å²) in [5.41, 5.74) is 4.52. The van der Waals surface area contributed by atoms with Gasteiger partial charge >= 0.3 is 22.7 Å². The van der Waals surface area contributed by atoms with Crippen LogP contribution in [0.25, 0.3) is 0 Å². The van der Waals surface area contributed by atoms with Crippen LogP contribution in [0.2, 0.25) is 0 Å². The summed E-state index contributed by atoms with van der Waals surface area (Å²) >= 11 is 0. The summed E-state index contributed by atoms with van der Waals surface area (Å²) in [5.74, 6) is -1.33. The van der Waals surface area contributed by atoms with E-state index in [0.29, 0.717) is 6.07 Å². The first-order valence-corrected chi connectivity index (χ1v) is 8.26. The molecule has 2 aromatic rings. The highest BCUT2D eigenvalue weighted by atomic mass is 32.2. The van der Waals surface area contributed by atoms with Gasteiger partial charge in [0.15, 0.2) is 0 Å². The van der Waals surface area contributed by atoms with E-state index in [0.717, 1.165) is 36.4 Å². The Balaban J connectivity index is 2.31. The van der Waals surface area contributed by atoms with Crippen LogP contribution in [0.4, 0.5) is 28.9 Å². The zero-order chi connectivity index (χ0) is 20.4. The number of alkyl halides is 4. The van der Waals surface area contributed by atoms with Crippen LogP contribution < -0.4 is 14.7 Å². The molecule has 0 aromatic heterocycles. The number of halogens is 4. The number of nitrogens with zero attached hydrogens (tertiary/aromatic N) is 1. The largest absolute Gasteiger partial charge is 0.461 e. The van der Waals surface area contributed by atoms with Gasteiger partial charge < -0.3 is 14.7 Å². The topological polar surface area (TPSA) is 122 Å². The Kier molecular flexibility index (Phi) is 5.44. The number of benzene rings is 2. The molecule has 0 aliphatic rings. The van der Waals surface area contributed by atoms with Crippen molar-refractivity contribution < 1.29 is 39.8 Å². The average Bonchev–Trinajstić information content (AvgIpc) is 2.56. The van der Waals surface area contributed by atoms with E-state index in [1.54, 1.807) is 0 Å². The molecule has 13 heteroatoms. The smallest absolute Gasteiger partial charge is 0.428 e. The fraction of sp³-hybridized carbons (Fsp3) is 0.143. The molecule has 0 heterocycles. The third kappa shape index (κ3) is 4.75. The van der Waals surface area contributed by atoms with Gasteiger partial charge in [-0.1, -0.05) is 6.07 Å². The predicted molar refractivity (Wildman–Crippen MR) is 83.3 cm³/mol. The zero-order valence-corrected chi connectivity index (χ0v) is 13.8. The Morgan fingerprint density at radius 2 is 1.78 bits per heavy atom. The summed E-state index contributed by atoms with van der Waals surface area (Å²) in [6, 6.07) is 6.07. The van der Waals surface area contributed by atoms with Crippen molar-refractivity contribution in [2.24, 2.45) is 0 Å². The van der Waals surface area contributed by atoms with Gasteiger partial charge in [0.1, 0.15) is 22.1 Å². The Hall–Kier alpha value is -3.09. The van der Waals surface area contributed by atoms with E-state index in [2.05, 4.69) is 8.92 Å². The normalized spacial score (nSPS) is 12.0. The lowest BCUT2D eigenvalue weighted by Crippen LogP contribution is -2.33. The van der Waals surface area contributed by atoms with Crippen LogP contribution in [0.15, 0.2) is 47.4 Å². The standard InChI is InChI=1S/C14H10F4N2O6S/c15-13(16)14(17,18)25-8-2-1-3-10(6-8)27(23,24)26-9-4-5-11(19)12(7-9)20(21)22/h1-7,13H,19H2. The highest BCUT2D eigenvalue weighted by molar-refractivity contribution is 7.87. The molecule has 27 heavy (non-hydrogen) atoms. The fourth-order valence-corrected chi connectivity index (χ4v) is 2.76. The second-order valence-corrected chi connectivity index (χ2v) is 6.50. The van der Waals surface area contributed by atoms with Gasteiger partial charge in [0, 0.05) is 6.07 Å². The third-order valence-corrected chi connectivity index (χ3v) is 4.25. The molecule has 0 saturated heterocycles. The SMILES string of the molecule is Nc1ccc(OS(=O)(=O)c2cccc(OC(F)(F)C(F)F)c2)cc1[N+](=O)[O-]. The Morgan fingerprint density at radius 3 is 2.37 bits per heavy atom. The molecular formula is C14H10F4N2O6S. The summed E-state index contributed by atoms with van der Waals surface area (Å²) in [6.45, 7) is 0. The van der Waals surface area contributed by atoms with Gasteiger partial charge in [-0.3, -0.25) is 10.1 Å². The van der Waals surface area contributed by atoms with Crippen molar-refractivity contribution in [3.05, 3.63) is 52.6 Å². The number of nitro benzene ring substituents is 1. The van der Waals surface area contributed by atoms with Gasteiger partial charge in [-0.05, 0) is 24.3 Å². The highest BCUT2D eigenvalue weighted by Gasteiger charge is 2.44. The first kappa shape index (κ1) is 20.2. The fourth-order valence-electron chi connectivity index (χ4n) is 1.80. The van der Waals surface area contributed by atoms with Gasteiger partial charge in [0.25, 0.3) is 5.69 Å². The molecule has 2 rings (SSSR count). The zero-order valence-electron chi connectivity index (χ0n) is 13.0. The lowest BCUT2D eigenvalue weighted by Gasteiger charge is -2.17. The number of nitrogen functional groups attached to an aromatic ring is 1. The number of hydrogen-bond donors (Lipinski definition) is 1. The minimum atomic E-state index is -4.83. The lowest BCUT2D eigenvalue weighted by molar-refractivity contribution is -0.383. The summed E-state index contributed by atoms with van der Waals surface area (Å²) in [4.78, 5) is 9.24.